The number of thioether (sulfide) groups is 1. The molecule has 168 valence electrons. The molecule has 6 heteroatoms. The number of methoxy groups -OCH3 is 1. The molecule has 0 heterocycles. The minimum Gasteiger partial charge on any atom is -0.497 e. The lowest BCUT2D eigenvalue weighted by atomic mass is 10.1. The highest BCUT2D eigenvalue weighted by Gasteiger charge is 2.26. The quantitative estimate of drug-likeness (QED) is 0.486. The van der Waals surface area contributed by atoms with E-state index in [1.54, 1.807) is 30.7 Å². The van der Waals surface area contributed by atoms with Crippen LogP contribution >= 0.6 is 11.8 Å². The summed E-state index contributed by atoms with van der Waals surface area (Å²) in [4.78, 5) is 27.5. The van der Waals surface area contributed by atoms with Gasteiger partial charge in [-0.3, -0.25) is 9.59 Å². The molecule has 1 N–H and O–H groups in total. The third-order valence-corrected chi connectivity index (χ3v) is 6.26. The zero-order valence-corrected chi connectivity index (χ0v) is 19.8. The molecule has 0 aliphatic carbocycles. The Labute approximate surface area is 190 Å². The summed E-state index contributed by atoms with van der Waals surface area (Å²) in [5.74, 6) is 2.17. The van der Waals surface area contributed by atoms with Gasteiger partial charge in [0, 0.05) is 30.5 Å². The van der Waals surface area contributed by atoms with Crippen molar-refractivity contribution in [3.63, 3.8) is 0 Å². The van der Waals surface area contributed by atoms with Crippen LogP contribution in [-0.4, -0.2) is 41.7 Å². The third kappa shape index (κ3) is 8.29. The minimum absolute atomic E-state index is 0.0183. The van der Waals surface area contributed by atoms with Crippen LogP contribution < -0.4 is 10.1 Å². The second kappa shape index (κ2) is 13.1. The maximum absolute atomic E-state index is 13.1. The molecule has 0 aliphatic rings. The van der Waals surface area contributed by atoms with Gasteiger partial charge in [0.2, 0.25) is 11.8 Å². The maximum atomic E-state index is 13.1. The van der Waals surface area contributed by atoms with Crippen molar-refractivity contribution in [2.24, 2.45) is 0 Å². The maximum Gasteiger partial charge on any atom is 0.242 e. The monoisotopic (exact) mass is 442 g/mol. The van der Waals surface area contributed by atoms with Crippen LogP contribution in [-0.2, 0) is 21.9 Å². The Bertz CT molecular complexity index is 829. The van der Waals surface area contributed by atoms with E-state index in [-0.39, 0.29) is 17.9 Å². The SMILES string of the molecule is CCC(C)NC(=O)C(C)N(Cc1cccc(OC)c1)C(=O)CCSCc1ccccc1. The molecule has 2 amide bonds. The summed E-state index contributed by atoms with van der Waals surface area (Å²) in [6.45, 7) is 6.17. The number of rotatable bonds is 12. The number of carbonyl (C=O) groups excluding carboxylic acids is 2. The van der Waals surface area contributed by atoms with Crippen molar-refractivity contribution in [1.29, 1.82) is 0 Å². The minimum atomic E-state index is -0.549. The summed E-state index contributed by atoms with van der Waals surface area (Å²) in [6.07, 6.45) is 1.24. The molecule has 0 saturated carbocycles. The summed E-state index contributed by atoms with van der Waals surface area (Å²) in [7, 11) is 1.62. The third-order valence-electron chi connectivity index (χ3n) is 5.23. The molecule has 2 atom stereocenters. The molecular weight excluding hydrogens is 408 g/mol. The largest absolute Gasteiger partial charge is 0.497 e. The van der Waals surface area contributed by atoms with Gasteiger partial charge in [-0.1, -0.05) is 49.4 Å². The van der Waals surface area contributed by atoms with Gasteiger partial charge < -0.3 is 15.0 Å². The summed E-state index contributed by atoms with van der Waals surface area (Å²) < 4.78 is 5.31. The Hall–Kier alpha value is -2.47. The van der Waals surface area contributed by atoms with Crippen LogP contribution in [0.3, 0.4) is 0 Å². The number of nitrogens with zero attached hydrogens (tertiary/aromatic N) is 1. The first-order valence-electron chi connectivity index (χ1n) is 10.8. The summed E-state index contributed by atoms with van der Waals surface area (Å²) in [5, 5.41) is 3.00. The summed E-state index contributed by atoms with van der Waals surface area (Å²) in [5.41, 5.74) is 2.18. The molecule has 31 heavy (non-hydrogen) atoms. The summed E-state index contributed by atoms with van der Waals surface area (Å²) in [6, 6.07) is 17.4. The van der Waals surface area contributed by atoms with Gasteiger partial charge in [-0.25, -0.2) is 0 Å². The van der Waals surface area contributed by atoms with Crippen LogP contribution in [0.15, 0.2) is 54.6 Å². The van der Waals surface area contributed by atoms with Crippen LogP contribution in [0.4, 0.5) is 0 Å². The first kappa shape index (κ1) is 24.8. The normalized spacial score (nSPS) is 12.6. The number of nitrogens with one attached hydrogen (secondary N) is 1. The van der Waals surface area contributed by atoms with Crippen molar-refractivity contribution in [3.8, 4) is 5.75 Å². The number of hydrogen-bond acceptors (Lipinski definition) is 4. The van der Waals surface area contributed by atoms with Gasteiger partial charge in [0.25, 0.3) is 0 Å². The highest BCUT2D eigenvalue weighted by Crippen LogP contribution is 2.18. The average molecular weight is 443 g/mol. The van der Waals surface area contributed by atoms with Crippen molar-refractivity contribution < 1.29 is 14.3 Å². The number of carbonyl (C=O) groups is 2. The first-order chi connectivity index (χ1) is 14.9. The van der Waals surface area contributed by atoms with Gasteiger partial charge in [0.1, 0.15) is 11.8 Å². The molecule has 0 radical (unpaired) electrons. The van der Waals surface area contributed by atoms with Gasteiger partial charge in [-0.15, -0.1) is 0 Å². The van der Waals surface area contributed by atoms with Gasteiger partial charge >= 0.3 is 0 Å². The molecule has 0 aliphatic heterocycles. The van der Waals surface area contributed by atoms with Gasteiger partial charge in [-0.05, 0) is 43.5 Å². The Morgan fingerprint density at radius 1 is 1.06 bits per heavy atom. The van der Waals surface area contributed by atoms with E-state index in [2.05, 4.69) is 17.4 Å². The second-order valence-electron chi connectivity index (χ2n) is 7.66. The van der Waals surface area contributed by atoms with Crippen LogP contribution in [0, 0.1) is 0 Å². The molecule has 2 aromatic rings. The molecule has 2 unspecified atom stereocenters. The van der Waals surface area contributed by atoms with E-state index >= 15 is 0 Å². The van der Waals surface area contributed by atoms with Crippen molar-refractivity contribution in [2.75, 3.05) is 12.9 Å². The topological polar surface area (TPSA) is 58.6 Å². The number of hydrogen-bond donors (Lipinski definition) is 1. The molecule has 0 aromatic heterocycles. The number of ether oxygens (including phenoxy) is 1. The average Bonchev–Trinajstić information content (AvgIpc) is 2.80. The zero-order valence-electron chi connectivity index (χ0n) is 19.0. The van der Waals surface area contributed by atoms with Gasteiger partial charge in [0.15, 0.2) is 0 Å². The Morgan fingerprint density at radius 2 is 1.77 bits per heavy atom. The lowest BCUT2D eigenvalue weighted by molar-refractivity contribution is -0.140. The van der Waals surface area contributed by atoms with E-state index in [0.29, 0.717) is 18.7 Å². The Kier molecular flexibility index (Phi) is 10.4. The van der Waals surface area contributed by atoms with E-state index in [9.17, 15) is 9.59 Å². The molecule has 0 saturated heterocycles. The Balaban J connectivity index is 2.03. The van der Waals surface area contributed by atoms with E-state index in [0.717, 1.165) is 23.5 Å². The van der Waals surface area contributed by atoms with Crippen molar-refractivity contribution in [1.82, 2.24) is 10.2 Å². The van der Waals surface area contributed by atoms with Crippen LogP contribution in [0.25, 0.3) is 0 Å². The first-order valence-corrected chi connectivity index (χ1v) is 11.9. The molecule has 2 aromatic carbocycles. The zero-order chi connectivity index (χ0) is 22.6. The van der Waals surface area contributed by atoms with Crippen LogP contribution in [0.2, 0.25) is 0 Å². The highest BCUT2D eigenvalue weighted by molar-refractivity contribution is 7.98. The van der Waals surface area contributed by atoms with E-state index < -0.39 is 6.04 Å². The Morgan fingerprint density at radius 3 is 2.45 bits per heavy atom. The highest BCUT2D eigenvalue weighted by atomic mass is 32.2. The van der Waals surface area contributed by atoms with Crippen molar-refractivity contribution in [3.05, 3.63) is 65.7 Å². The van der Waals surface area contributed by atoms with E-state index in [1.165, 1.54) is 5.56 Å². The molecule has 0 spiro atoms. The lowest BCUT2D eigenvalue weighted by Gasteiger charge is -2.30. The molecule has 5 nitrogen and oxygen atoms in total. The fourth-order valence-corrected chi connectivity index (χ4v) is 3.97. The van der Waals surface area contributed by atoms with Gasteiger partial charge in [0.05, 0.1) is 7.11 Å². The fraction of sp³-hybridized carbons (Fsp3) is 0.440. The van der Waals surface area contributed by atoms with Crippen molar-refractivity contribution >= 4 is 23.6 Å². The molecular formula is C25H34N2O3S. The molecule has 2 rings (SSSR count). The predicted molar refractivity (Wildman–Crippen MR) is 128 cm³/mol. The van der Waals surface area contributed by atoms with Crippen LogP contribution in [0.1, 0.15) is 44.7 Å². The van der Waals surface area contributed by atoms with Crippen molar-refractivity contribution in [2.45, 2.75) is 58.0 Å². The fourth-order valence-electron chi connectivity index (χ4n) is 3.08. The number of benzene rings is 2. The van der Waals surface area contributed by atoms with Gasteiger partial charge in [-0.2, -0.15) is 11.8 Å². The standard InChI is InChI=1S/C25H34N2O3S/c1-5-19(2)26-25(29)20(3)27(17-22-12-9-13-23(16-22)30-4)24(28)14-15-31-18-21-10-7-6-8-11-21/h6-13,16,19-20H,5,14-15,17-18H2,1-4H3,(H,26,29). The number of amides is 2. The molecule has 0 fully saturated rings. The smallest absolute Gasteiger partial charge is 0.242 e. The second-order valence-corrected chi connectivity index (χ2v) is 8.76. The lowest BCUT2D eigenvalue weighted by Crippen LogP contribution is -2.49. The summed E-state index contributed by atoms with van der Waals surface area (Å²) >= 11 is 1.73. The van der Waals surface area contributed by atoms with Crippen LogP contribution in [0.5, 0.6) is 5.75 Å². The van der Waals surface area contributed by atoms with E-state index in [4.69, 9.17) is 4.74 Å². The molecule has 0 bridgehead atoms. The predicted octanol–water partition coefficient (Wildman–Crippen LogP) is 4.65. The van der Waals surface area contributed by atoms with E-state index in [1.807, 2.05) is 56.3 Å².